The molecule has 3 aromatic rings. The lowest BCUT2D eigenvalue weighted by molar-refractivity contribution is -0.123. The highest BCUT2D eigenvalue weighted by molar-refractivity contribution is 7.09. The van der Waals surface area contributed by atoms with Crippen molar-refractivity contribution in [3.63, 3.8) is 0 Å². The van der Waals surface area contributed by atoms with Gasteiger partial charge in [-0.15, -0.1) is 11.3 Å². The highest BCUT2D eigenvalue weighted by atomic mass is 32.1. The van der Waals surface area contributed by atoms with E-state index >= 15 is 0 Å². The Hall–Kier alpha value is -2.43. The first-order valence-electron chi connectivity index (χ1n) is 9.92. The van der Waals surface area contributed by atoms with Crippen LogP contribution in [0, 0.1) is 0 Å². The molecule has 1 N–H and O–H groups in total. The summed E-state index contributed by atoms with van der Waals surface area (Å²) in [5.74, 6) is 0.105. The maximum atomic E-state index is 12.9. The number of nitrogens with zero attached hydrogens (tertiary/aromatic N) is 1. The van der Waals surface area contributed by atoms with Gasteiger partial charge >= 0.3 is 0 Å². The summed E-state index contributed by atoms with van der Waals surface area (Å²) in [5.41, 5.74) is 2.38. The molecule has 0 spiro atoms. The molecule has 1 fully saturated rings. The molecule has 4 rings (SSSR count). The van der Waals surface area contributed by atoms with Gasteiger partial charge in [-0.05, 0) is 41.8 Å². The number of hydrogen-bond donors (Lipinski definition) is 1. The summed E-state index contributed by atoms with van der Waals surface area (Å²) >= 11 is 1.76. The fourth-order valence-corrected chi connectivity index (χ4v) is 4.30. The lowest BCUT2D eigenvalue weighted by atomic mass is 9.99. The van der Waals surface area contributed by atoms with E-state index in [0.717, 1.165) is 18.5 Å². The van der Waals surface area contributed by atoms with Crippen LogP contribution < -0.4 is 5.32 Å². The third-order valence-corrected chi connectivity index (χ3v) is 6.03. The van der Waals surface area contributed by atoms with Gasteiger partial charge in [0, 0.05) is 17.5 Å². The average molecular weight is 391 g/mol. The predicted molar refractivity (Wildman–Crippen MR) is 115 cm³/mol. The maximum absolute atomic E-state index is 12.9. The third kappa shape index (κ3) is 5.31. The standard InChI is InChI=1S/C24H26N2OS/c27-24(18-26(21-13-14-21)17-22-12-7-15-28-22)25-23(20-10-5-2-6-11-20)16-19-8-3-1-4-9-19/h1-12,15,21,23H,13-14,16-18H2,(H,25,27). The Kier molecular flexibility index (Phi) is 6.20. The van der Waals surface area contributed by atoms with E-state index in [4.69, 9.17) is 0 Å². The molecule has 1 heterocycles. The van der Waals surface area contributed by atoms with Gasteiger partial charge in [-0.1, -0.05) is 66.7 Å². The van der Waals surface area contributed by atoms with Crippen molar-refractivity contribution in [3.8, 4) is 0 Å². The molecule has 1 aliphatic rings. The number of hydrogen-bond acceptors (Lipinski definition) is 3. The Morgan fingerprint density at radius 3 is 2.36 bits per heavy atom. The van der Waals surface area contributed by atoms with Crippen LogP contribution in [0.3, 0.4) is 0 Å². The summed E-state index contributed by atoms with van der Waals surface area (Å²) < 4.78 is 0. The number of thiophene rings is 1. The molecule has 3 nitrogen and oxygen atoms in total. The largest absolute Gasteiger partial charge is 0.348 e. The van der Waals surface area contributed by atoms with Crippen LogP contribution in [0.5, 0.6) is 0 Å². The van der Waals surface area contributed by atoms with E-state index in [2.05, 4.69) is 64.1 Å². The molecule has 0 aliphatic heterocycles. The summed E-state index contributed by atoms with van der Waals surface area (Å²) in [7, 11) is 0. The van der Waals surface area contributed by atoms with Crippen molar-refractivity contribution in [2.45, 2.75) is 37.9 Å². The Balaban J connectivity index is 1.43. The number of amides is 1. The molecular formula is C24H26N2OS. The second kappa shape index (κ2) is 9.18. The summed E-state index contributed by atoms with van der Waals surface area (Å²) in [6, 6.07) is 25.4. The van der Waals surface area contributed by atoms with Crippen LogP contribution in [-0.4, -0.2) is 23.4 Å². The highest BCUT2D eigenvalue weighted by Gasteiger charge is 2.31. The topological polar surface area (TPSA) is 32.3 Å². The minimum atomic E-state index is -0.0149. The average Bonchev–Trinajstić information content (AvgIpc) is 3.45. The first-order chi connectivity index (χ1) is 13.8. The molecule has 1 atom stereocenters. The van der Waals surface area contributed by atoms with Crippen molar-refractivity contribution in [2.75, 3.05) is 6.54 Å². The molecule has 1 unspecified atom stereocenters. The van der Waals surface area contributed by atoms with Gasteiger partial charge in [0.15, 0.2) is 0 Å². The first-order valence-corrected chi connectivity index (χ1v) is 10.8. The summed E-state index contributed by atoms with van der Waals surface area (Å²) in [4.78, 5) is 16.6. The van der Waals surface area contributed by atoms with Crippen LogP contribution >= 0.6 is 11.3 Å². The molecule has 1 aromatic heterocycles. The van der Waals surface area contributed by atoms with E-state index in [1.807, 2.05) is 24.3 Å². The van der Waals surface area contributed by atoms with Gasteiger partial charge in [0.1, 0.15) is 0 Å². The van der Waals surface area contributed by atoms with E-state index in [0.29, 0.717) is 12.6 Å². The van der Waals surface area contributed by atoms with Gasteiger partial charge in [-0.2, -0.15) is 0 Å². The van der Waals surface area contributed by atoms with Crippen LogP contribution in [0.2, 0.25) is 0 Å². The van der Waals surface area contributed by atoms with Gasteiger partial charge in [0.2, 0.25) is 5.91 Å². The van der Waals surface area contributed by atoms with Crippen molar-refractivity contribution < 1.29 is 4.79 Å². The number of carbonyl (C=O) groups excluding carboxylic acids is 1. The van der Waals surface area contributed by atoms with Crippen molar-refractivity contribution >= 4 is 17.2 Å². The predicted octanol–water partition coefficient (Wildman–Crippen LogP) is 4.81. The molecule has 1 aliphatic carbocycles. The molecule has 144 valence electrons. The van der Waals surface area contributed by atoms with E-state index in [-0.39, 0.29) is 11.9 Å². The number of benzene rings is 2. The molecular weight excluding hydrogens is 364 g/mol. The van der Waals surface area contributed by atoms with Gasteiger partial charge in [-0.25, -0.2) is 0 Å². The molecule has 0 saturated heterocycles. The quantitative estimate of drug-likeness (QED) is 0.568. The lowest BCUT2D eigenvalue weighted by Gasteiger charge is -2.24. The Labute approximate surface area is 171 Å². The van der Waals surface area contributed by atoms with Crippen LogP contribution in [0.25, 0.3) is 0 Å². The minimum absolute atomic E-state index is 0.0149. The second-order valence-corrected chi connectivity index (χ2v) is 8.47. The van der Waals surface area contributed by atoms with Crippen LogP contribution in [0.15, 0.2) is 78.2 Å². The fourth-order valence-electron chi connectivity index (χ4n) is 3.57. The summed E-state index contributed by atoms with van der Waals surface area (Å²) in [6.07, 6.45) is 3.19. The lowest BCUT2D eigenvalue weighted by Crippen LogP contribution is -2.40. The molecule has 0 bridgehead atoms. The smallest absolute Gasteiger partial charge is 0.234 e. The second-order valence-electron chi connectivity index (χ2n) is 7.44. The maximum Gasteiger partial charge on any atom is 0.234 e. The van der Waals surface area contributed by atoms with Crippen LogP contribution in [-0.2, 0) is 17.8 Å². The van der Waals surface area contributed by atoms with Crippen molar-refractivity contribution in [1.82, 2.24) is 10.2 Å². The molecule has 2 aromatic carbocycles. The zero-order valence-corrected chi connectivity index (χ0v) is 16.8. The fraction of sp³-hybridized carbons (Fsp3) is 0.292. The van der Waals surface area contributed by atoms with Crippen LogP contribution in [0.4, 0.5) is 0 Å². The SMILES string of the molecule is O=C(CN(Cc1cccs1)C1CC1)NC(Cc1ccccc1)c1ccccc1. The van der Waals surface area contributed by atoms with Crippen molar-refractivity contribution in [1.29, 1.82) is 0 Å². The first kappa shape index (κ1) is 18.9. The number of carbonyl (C=O) groups is 1. The zero-order chi connectivity index (χ0) is 19.2. The van der Waals surface area contributed by atoms with Gasteiger partial charge in [-0.3, -0.25) is 9.69 Å². The molecule has 1 amide bonds. The Bertz CT molecular complexity index is 860. The van der Waals surface area contributed by atoms with Gasteiger partial charge in [0.05, 0.1) is 12.6 Å². The normalized spacial score (nSPS) is 14.8. The Morgan fingerprint density at radius 1 is 1.00 bits per heavy atom. The summed E-state index contributed by atoms with van der Waals surface area (Å²) in [5, 5.41) is 5.40. The molecule has 28 heavy (non-hydrogen) atoms. The van der Waals surface area contributed by atoms with E-state index in [9.17, 15) is 4.79 Å². The minimum Gasteiger partial charge on any atom is -0.348 e. The van der Waals surface area contributed by atoms with E-state index in [1.54, 1.807) is 11.3 Å². The third-order valence-electron chi connectivity index (χ3n) is 5.17. The zero-order valence-electron chi connectivity index (χ0n) is 16.0. The van der Waals surface area contributed by atoms with Crippen molar-refractivity contribution in [3.05, 3.63) is 94.2 Å². The van der Waals surface area contributed by atoms with Crippen LogP contribution in [0.1, 0.15) is 34.9 Å². The van der Waals surface area contributed by atoms with Gasteiger partial charge in [0.25, 0.3) is 0 Å². The van der Waals surface area contributed by atoms with Crippen molar-refractivity contribution in [2.24, 2.45) is 0 Å². The Morgan fingerprint density at radius 2 is 1.71 bits per heavy atom. The van der Waals surface area contributed by atoms with E-state index < -0.39 is 0 Å². The van der Waals surface area contributed by atoms with E-state index in [1.165, 1.54) is 23.3 Å². The monoisotopic (exact) mass is 390 g/mol. The van der Waals surface area contributed by atoms with Gasteiger partial charge < -0.3 is 5.32 Å². The molecule has 4 heteroatoms. The number of nitrogens with one attached hydrogen (secondary N) is 1. The highest BCUT2D eigenvalue weighted by Crippen LogP contribution is 2.29. The molecule has 0 radical (unpaired) electrons. The number of rotatable bonds is 9. The molecule has 1 saturated carbocycles. The summed E-state index contributed by atoms with van der Waals surface area (Å²) in [6.45, 7) is 1.32.